The van der Waals surface area contributed by atoms with Gasteiger partial charge in [-0.15, -0.1) is 0 Å². The molecule has 2 N–H and O–H groups in total. The molecule has 0 fully saturated rings. The molecule has 0 aliphatic rings. The number of hydrogen-bond acceptors (Lipinski definition) is 4. The van der Waals surface area contributed by atoms with Crippen molar-refractivity contribution in [2.75, 3.05) is 12.3 Å². The number of esters is 1. The quantitative estimate of drug-likeness (QED) is 0.860. The average Bonchev–Trinajstić information content (AvgIpc) is 2.80. The third-order valence-electron chi connectivity index (χ3n) is 2.82. The van der Waals surface area contributed by atoms with Gasteiger partial charge in [0.15, 0.2) is 5.69 Å². The van der Waals surface area contributed by atoms with Crippen molar-refractivity contribution in [2.24, 2.45) is 0 Å². The van der Waals surface area contributed by atoms with Crippen LogP contribution in [0.1, 0.15) is 23.0 Å². The van der Waals surface area contributed by atoms with Crippen LogP contribution in [0.2, 0.25) is 5.02 Å². The highest BCUT2D eigenvalue weighted by molar-refractivity contribution is 6.30. The Hall–Kier alpha value is -2.01. The van der Waals surface area contributed by atoms with Gasteiger partial charge in [0.25, 0.3) is 0 Å². The molecule has 6 heteroatoms. The maximum atomic E-state index is 11.6. The number of halogens is 1. The van der Waals surface area contributed by atoms with Crippen molar-refractivity contribution in [1.82, 2.24) is 9.78 Å². The van der Waals surface area contributed by atoms with E-state index < -0.39 is 5.97 Å². The second-order valence-electron chi connectivity index (χ2n) is 4.27. The first-order valence-electron chi connectivity index (χ1n) is 6.35. The minimum absolute atomic E-state index is 0.237. The summed E-state index contributed by atoms with van der Waals surface area (Å²) in [4.78, 5) is 11.6. The van der Waals surface area contributed by atoms with Crippen molar-refractivity contribution >= 4 is 23.4 Å². The van der Waals surface area contributed by atoms with Crippen LogP contribution in [0.15, 0.2) is 30.3 Å². The molecular weight excluding hydrogens is 278 g/mol. The molecule has 0 saturated heterocycles. The van der Waals surface area contributed by atoms with E-state index in [0.29, 0.717) is 24.0 Å². The summed E-state index contributed by atoms with van der Waals surface area (Å²) in [6, 6.07) is 9.11. The molecule has 0 saturated carbocycles. The van der Waals surface area contributed by atoms with Crippen LogP contribution in [0.5, 0.6) is 0 Å². The third kappa shape index (κ3) is 3.51. The first kappa shape index (κ1) is 14.4. The minimum Gasteiger partial charge on any atom is -0.461 e. The number of ether oxygens (including phenoxy) is 1. The van der Waals surface area contributed by atoms with E-state index in [9.17, 15) is 4.79 Å². The van der Waals surface area contributed by atoms with Gasteiger partial charge in [-0.3, -0.25) is 0 Å². The van der Waals surface area contributed by atoms with Crippen molar-refractivity contribution in [3.8, 4) is 0 Å². The number of hydrogen-bond donors (Lipinski definition) is 1. The Labute approximate surface area is 122 Å². The van der Waals surface area contributed by atoms with Crippen molar-refractivity contribution in [2.45, 2.75) is 19.9 Å². The highest BCUT2D eigenvalue weighted by Gasteiger charge is 2.13. The Balaban J connectivity index is 2.02. The molecular formula is C14H16ClN3O2. The number of aryl methyl sites for hydroxylation is 2. The topological polar surface area (TPSA) is 70.1 Å². The Morgan fingerprint density at radius 3 is 2.75 bits per heavy atom. The molecule has 0 aliphatic carbocycles. The van der Waals surface area contributed by atoms with Gasteiger partial charge < -0.3 is 10.5 Å². The smallest absolute Gasteiger partial charge is 0.358 e. The molecule has 0 radical (unpaired) electrons. The maximum Gasteiger partial charge on any atom is 0.358 e. The lowest BCUT2D eigenvalue weighted by Crippen LogP contribution is -2.09. The van der Waals surface area contributed by atoms with E-state index in [0.717, 1.165) is 12.0 Å². The number of nitrogen functional groups attached to an aromatic ring is 1. The summed E-state index contributed by atoms with van der Waals surface area (Å²) in [5, 5.41) is 4.86. The molecule has 1 aromatic heterocycles. The number of carbonyl (C=O) groups excluding carboxylic acids is 1. The second kappa shape index (κ2) is 6.43. The number of benzene rings is 1. The zero-order chi connectivity index (χ0) is 14.5. The first-order chi connectivity index (χ1) is 9.60. The maximum absolute atomic E-state index is 11.6. The lowest BCUT2D eigenvalue weighted by molar-refractivity contribution is 0.0518. The van der Waals surface area contributed by atoms with Crippen molar-refractivity contribution in [3.05, 3.63) is 46.6 Å². The van der Waals surface area contributed by atoms with Gasteiger partial charge in [-0.1, -0.05) is 23.7 Å². The summed E-state index contributed by atoms with van der Waals surface area (Å²) in [5.74, 6) is -0.00791. The fraction of sp³-hybridized carbons (Fsp3) is 0.286. The van der Waals surface area contributed by atoms with Crippen LogP contribution in [0, 0.1) is 0 Å². The van der Waals surface area contributed by atoms with Crippen LogP contribution in [0.25, 0.3) is 0 Å². The lowest BCUT2D eigenvalue weighted by Gasteiger charge is -2.04. The summed E-state index contributed by atoms with van der Waals surface area (Å²) in [6.45, 7) is 2.65. The van der Waals surface area contributed by atoms with E-state index >= 15 is 0 Å². The Bertz CT molecular complexity index is 593. The number of rotatable bonds is 5. The van der Waals surface area contributed by atoms with E-state index in [2.05, 4.69) is 5.10 Å². The van der Waals surface area contributed by atoms with Gasteiger partial charge in [0.05, 0.1) is 6.61 Å². The monoisotopic (exact) mass is 293 g/mol. The van der Waals surface area contributed by atoms with Gasteiger partial charge >= 0.3 is 5.97 Å². The van der Waals surface area contributed by atoms with Crippen LogP contribution in [0.4, 0.5) is 5.82 Å². The lowest BCUT2D eigenvalue weighted by atomic mass is 10.1. The number of nitrogens with zero attached hydrogens (tertiary/aromatic N) is 2. The average molecular weight is 294 g/mol. The molecule has 0 amide bonds. The molecule has 0 unspecified atom stereocenters. The number of aromatic nitrogens is 2. The van der Waals surface area contributed by atoms with Gasteiger partial charge in [0.2, 0.25) is 0 Å². The predicted molar refractivity (Wildman–Crippen MR) is 77.8 cm³/mol. The van der Waals surface area contributed by atoms with Crippen molar-refractivity contribution in [1.29, 1.82) is 0 Å². The van der Waals surface area contributed by atoms with Crippen LogP contribution < -0.4 is 5.73 Å². The van der Waals surface area contributed by atoms with Gasteiger partial charge in [-0.05, 0) is 31.0 Å². The van der Waals surface area contributed by atoms with E-state index in [1.807, 2.05) is 24.3 Å². The van der Waals surface area contributed by atoms with E-state index in [4.69, 9.17) is 22.1 Å². The van der Waals surface area contributed by atoms with Crippen LogP contribution in [-0.4, -0.2) is 22.4 Å². The zero-order valence-electron chi connectivity index (χ0n) is 11.2. The molecule has 2 aromatic rings. The largest absolute Gasteiger partial charge is 0.461 e. The van der Waals surface area contributed by atoms with Crippen molar-refractivity contribution < 1.29 is 9.53 Å². The van der Waals surface area contributed by atoms with Gasteiger partial charge in [0, 0.05) is 17.6 Å². The summed E-state index contributed by atoms with van der Waals surface area (Å²) < 4.78 is 6.49. The van der Waals surface area contributed by atoms with E-state index in [-0.39, 0.29) is 5.69 Å². The molecule has 0 atom stereocenters. The predicted octanol–water partition coefficient (Wildman–Crippen LogP) is 2.54. The number of carbonyl (C=O) groups is 1. The van der Waals surface area contributed by atoms with Crippen molar-refractivity contribution in [3.63, 3.8) is 0 Å². The van der Waals surface area contributed by atoms with Crippen LogP contribution >= 0.6 is 11.6 Å². The zero-order valence-corrected chi connectivity index (χ0v) is 11.9. The first-order valence-corrected chi connectivity index (χ1v) is 6.73. The molecule has 106 valence electrons. The highest BCUT2D eigenvalue weighted by atomic mass is 35.5. The Kier molecular flexibility index (Phi) is 4.63. The van der Waals surface area contributed by atoms with Gasteiger partial charge in [0.1, 0.15) is 5.82 Å². The fourth-order valence-corrected chi connectivity index (χ4v) is 1.93. The van der Waals surface area contributed by atoms with Gasteiger partial charge in [-0.2, -0.15) is 5.10 Å². The minimum atomic E-state index is -0.454. The summed E-state index contributed by atoms with van der Waals surface area (Å²) in [5.41, 5.74) is 7.20. The molecule has 0 spiro atoms. The fourth-order valence-electron chi connectivity index (χ4n) is 1.80. The van der Waals surface area contributed by atoms with E-state index in [1.54, 1.807) is 11.6 Å². The Morgan fingerprint density at radius 1 is 1.40 bits per heavy atom. The molecule has 20 heavy (non-hydrogen) atoms. The standard InChI is InChI=1S/C14H16ClN3O2/c1-2-20-14(19)12-9-13(16)18(17-12)8-7-10-3-5-11(15)6-4-10/h3-6,9H,2,7-8,16H2,1H3. The number of anilines is 1. The molecule has 0 bridgehead atoms. The Morgan fingerprint density at radius 2 is 2.10 bits per heavy atom. The summed E-state index contributed by atoms with van der Waals surface area (Å²) in [7, 11) is 0. The third-order valence-corrected chi connectivity index (χ3v) is 3.07. The van der Waals surface area contributed by atoms with E-state index in [1.165, 1.54) is 6.07 Å². The van der Waals surface area contributed by atoms with Crippen LogP contribution in [-0.2, 0) is 17.7 Å². The summed E-state index contributed by atoms with van der Waals surface area (Å²) >= 11 is 5.83. The molecule has 5 nitrogen and oxygen atoms in total. The highest BCUT2D eigenvalue weighted by Crippen LogP contribution is 2.12. The molecule has 0 aliphatic heterocycles. The summed E-state index contributed by atoms with van der Waals surface area (Å²) in [6.07, 6.45) is 0.755. The van der Waals surface area contributed by atoms with Gasteiger partial charge in [-0.25, -0.2) is 9.48 Å². The molecule has 1 aromatic carbocycles. The SMILES string of the molecule is CCOC(=O)c1cc(N)n(CCc2ccc(Cl)cc2)n1. The number of nitrogens with two attached hydrogens (primary N) is 1. The molecule has 2 rings (SSSR count). The normalized spacial score (nSPS) is 10.5. The second-order valence-corrected chi connectivity index (χ2v) is 4.71. The molecule has 1 heterocycles. The van der Waals surface area contributed by atoms with Crippen LogP contribution in [0.3, 0.4) is 0 Å².